The van der Waals surface area contributed by atoms with E-state index in [4.69, 9.17) is 4.74 Å². The first-order valence-electron chi connectivity index (χ1n) is 4.88. The van der Waals surface area contributed by atoms with Crippen molar-refractivity contribution in [2.75, 3.05) is 7.11 Å². The van der Waals surface area contributed by atoms with E-state index in [0.29, 0.717) is 11.4 Å². The van der Waals surface area contributed by atoms with Crippen LogP contribution in [-0.2, 0) is 6.18 Å². The van der Waals surface area contributed by atoms with Crippen LogP contribution in [0.2, 0.25) is 0 Å². The van der Waals surface area contributed by atoms with Gasteiger partial charge in [0.15, 0.2) is 5.69 Å². The summed E-state index contributed by atoms with van der Waals surface area (Å²) in [5.41, 5.74) is -0.497. The molecule has 0 saturated carbocycles. The van der Waals surface area contributed by atoms with E-state index >= 15 is 0 Å². The van der Waals surface area contributed by atoms with Gasteiger partial charge in [-0.25, -0.2) is 4.68 Å². The summed E-state index contributed by atoms with van der Waals surface area (Å²) in [6.45, 7) is 0. The molecule has 0 unspecified atom stereocenters. The highest BCUT2D eigenvalue weighted by Gasteiger charge is 2.33. The quantitative estimate of drug-likeness (QED) is 0.844. The first-order valence-corrected chi connectivity index (χ1v) is 5.68. The number of nitrogens with zero attached hydrogens (tertiary/aromatic N) is 2. The molecule has 0 aliphatic rings. The Morgan fingerprint density at radius 2 is 2.00 bits per heavy atom. The van der Waals surface area contributed by atoms with Gasteiger partial charge in [-0.1, -0.05) is 15.9 Å². The van der Waals surface area contributed by atoms with Crippen molar-refractivity contribution in [2.45, 2.75) is 6.18 Å². The lowest BCUT2D eigenvalue weighted by molar-refractivity contribution is -0.141. The second-order valence-corrected chi connectivity index (χ2v) is 4.38. The van der Waals surface area contributed by atoms with E-state index in [1.807, 2.05) is 0 Å². The maximum Gasteiger partial charge on any atom is 0.435 e. The molecule has 1 aromatic heterocycles. The number of halogens is 4. The largest absolute Gasteiger partial charge is 0.494 e. The summed E-state index contributed by atoms with van der Waals surface area (Å²) in [7, 11) is 1.44. The third-order valence-corrected chi connectivity index (χ3v) is 2.76. The van der Waals surface area contributed by atoms with E-state index in [1.165, 1.54) is 13.3 Å². The monoisotopic (exact) mass is 320 g/mol. The van der Waals surface area contributed by atoms with Gasteiger partial charge in [0.1, 0.15) is 11.4 Å². The molecule has 0 saturated heterocycles. The zero-order valence-corrected chi connectivity index (χ0v) is 10.8. The van der Waals surface area contributed by atoms with Gasteiger partial charge in [0, 0.05) is 10.7 Å². The van der Waals surface area contributed by atoms with Crippen LogP contribution in [0.15, 0.2) is 34.9 Å². The molecule has 0 aliphatic carbocycles. The fourth-order valence-electron chi connectivity index (χ4n) is 1.45. The Morgan fingerprint density at radius 3 is 2.56 bits per heavy atom. The number of benzene rings is 1. The lowest BCUT2D eigenvalue weighted by Crippen LogP contribution is -2.07. The Hall–Kier alpha value is -1.50. The van der Waals surface area contributed by atoms with Crippen LogP contribution in [0.25, 0.3) is 5.69 Å². The Kier molecular flexibility index (Phi) is 3.34. The maximum atomic E-state index is 12.4. The SMILES string of the molecule is COc1cc(Br)ccc1-n1ccc(C(F)(F)F)n1. The molecule has 0 spiro atoms. The number of rotatable bonds is 2. The van der Waals surface area contributed by atoms with Gasteiger partial charge in [-0.15, -0.1) is 0 Å². The molecule has 0 bridgehead atoms. The Morgan fingerprint density at radius 1 is 1.28 bits per heavy atom. The number of alkyl halides is 3. The highest BCUT2D eigenvalue weighted by molar-refractivity contribution is 9.10. The standard InChI is InChI=1S/C11H8BrF3N2O/c1-18-9-6-7(12)2-3-8(9)17-5-4-10(16-17)11(13,14)15/h2-6H,1H3. The van der Waals surface area contributed by atoms with E-state index in [9.17, 15) is 13.2 Å². The minimum Gasteiger partial charge on any atom is -0.494 e. The number of hydrogen-bond acceptors (Lipinski definition) is 2. The van der Waals surface area contributed by atoms with Crippen molar-refractivity contribution >= 4 is 15.9 Å². The average molecular weight is 321 g/mol. The molecule has 0 radical (unpaired) electrons. The molecule has 1 heterocycles. The summed E-state index contributed by atoms with van der Waals surface area (Å²) in [6.07, 6.45) is -3.21. The van der Waals surface area contributed by atoms with Crippen LogP contribution in [0.5, 0.6) is 5.75 Å². The van der Waals surface area contributed by atoms with Crippen molar-refractivity contribution in [3.05, 3.63) is 40.6 Å². The summed E-state index contributed by atoms with van der Waals surface area (Å²) in [5, 5.41) is 3.49. The number of hydrogen-bond donors (Lipinski definition) is 0. The molecule has 96 valence electrons. The summed E-state index contributed by atoms with van der Waals surface area (Å²) < 4.78 is 44.4. The first kappa shape index (κ1) is 12.9. The van der Waals surface area contributed by atoms with E-state index in [1.54, 1.807) is 18.2 Å². The van der Waals surface area contributed by atoms with Gasteiger partial charge in [-0.2, -0.15) is 18.3 Å². The van der Waals surface area contributed by atoms with Crippen LogP contribution >= 0.6 is 15.9 Å². The minimum absolute atomic E-state index is 0.432. The smallest absolute Gasteiger partial charge is 0.435 e. The van der Waals surface area contributed by atoms with Gasteiger partial charge in [-0.3, -0.25) is 0 Å². The third kappa shape index (κ3) is 2.50. The molecule has 2 rings (SSSR count). The van der Waals surface area contributed by atoms with Crippen molar-refractivity contribution in [3.63, 3.8) is 0 Å². The number of methoxy groups -OCH3 is 1. The minimum atomic E-state index is -4.45. The van der Waals surface area contributed by atoms with E-state index < -0.39 is 11.9 Å². The van der Waals surface area contributed by atoms with Crippen LogP contribution in [0.4, 0.5) is 13.2 Å². The lowest BCUT2D eigenvalue weighted by Gasteiger charge is -2.09. The molecule has 0 aliphatic heterocycles. The third-order valence-electron chi connectivity index (χ3n) is 2.27. The van der Waals surface area contributed by atoms with Crippen molar-refractivity contribution in [1.29, 1.82) is 0 Å². The average Bonchev–Trinajstić information content (AvgIpc) is 2.77. The fourth-order valence-corrected chi connectivity index (χ4v) is 1.79. The topological polar surface area (TPSA) is 27.1 Å². The molecule has 2 aromatic rings. The van der Waals surface area contributed by atoms with Crippen molar-refractivity contribution in [2.24, 2.45) is 0 Å². The molecule has 0 N–H and O–H groups in total. The van der Waals surface area contributed by atoms with Crippen LogP contribution < -0.4 is 4.74 Å². The predicted octanol–water partition coefficient (Wildman–Crippen LogP) is 3.66. The molecule has 18 heavy (non-hydrogen) atoms. The lowest BCUT2D eigenvalue weighted by atomic mass is 10.3. The van der Waals surface area contributed by atoms with Crippen LogP contribution in [0, 0.1) is 0 Å². The number of aromatic nitrogens is 2. The summed E-state index contributed by atoms with van der Waals surface area (Å²) in [4.78, 5) is 0. The first-order chi connectivity index (χ1) is 8.41. The zero-order valence-electron chi connectivity index (χ0n) is 9.20. The fraction of sp³-hybridized carbons (Fsp3) is 0.182. The van der Waals surface area contributed by atoms with Crippen LogP contribution in [0.3, 0.4) is 0 Å². The van der Waals surface area contributed by atoms with Gasteiger partial charge in [0.25, 0.3) is 0 Å². The summed E-state index contributed by atoms with van der Waals surface area (Å²) in [6, 6.07) is 5.90. The predicted molar refractivity (Wildman–Crippen MR) is 62.8 cm³/mol. The molecular formula is C11H8BrF3N2O. The molecule has 3 nitrogen and oxygen atoms in total. The Labute approximate surface area is 109 Å². The van der Waals surface area contributed by atoms with Gasteiger partial charge in [-0.05, 0) is 24.3 Å². The van der Waals surface area contributed by atoms with E-state index in [2.05, 4.69) is 21.0 Å². The Balaban J connectivity index is 2.46. The van der Waals surface area contributed by atoms with Crippen molar-refractivity contribution in [3.8, 4) is 11.4 Å². The molecule has 7 heteroatoms. The zero-order chi connectivity index (χ0) is 13.3. The second-order valence-electron chi connectivity index (χ2n) is 3.46. The molecule has 0 amide bonds. The van der Waals surface area contributed by atoms with Crippen molar-refractivity contribution < 1.29 is 17.9 Å². The highest BCUT2D eigenvalue weighted by atomic mass is 79.9. The second kappa shape index (κ2) is 4.64. The maximum absolute atomic E-state index is 12.4. The van der Waals surface area contributed by atoms with Gasteiger partial charge in [0.2, 0.25) is 0 Å². The van der Waals surface area contributed by atoms with Crippen molar-refractivity contribution in [1.82, 2.24) is 9.78 Å². The molecule has 1 aromatic carbocycles. The van der Waals surface area contributed by atoms with Gasteiger partial charge in [0.05, 0.1) is 7.11 Å². The normalized spacial score (nSPS) is 11.6. The van der Waals surface area contributed by atoms with Crippen LogP contribution in [0.1, 0.15) is 5.69 Å². The van der Waals surface area contributed by atoms with Gasteiger partial charge < -0.3 is 4.74 Å². The van der Waals surface area contributed by atoms with E-state index in [0.717, 1.165) is 15.2 Å². The summed E-state index contributed by atoms with van der Waals surface area (Å²) >= 11 is 3.26. The van der Waals surface area contributed by atoms with Crippen LogP contribution in [-0.4, -0.2) is 16.9 Å². The van der Waals surface area contributed by atoms with Gasteiger partial charge >= 0.3 is 6.18 Å². The number of ether oxygens (including phenoxy) is 1. The van der Waals surface area contributed by atoms with E-state index in [-0.39, 0.29) is 0 Å². The molecule has 0 atom stereocenters. The molecule has 0 fully saturated rings. The molecular weight excluding hydrogens is 313 g/mol. The highest BCUT2D eigenvalue weighted by Crippen LogP contribution is 2.30. The Bertz CT molecular complexity index is 566. The summed E-state index contributed by atoms with van der Waals surface area (Å²) in [5.74, 6) is 0.432.